The van der Waals surface area contributed by atoms with Gasteiger partial charge in [0.25, 0.3) is 0 Å². The second-order valence-electron chi connectivity index (χ2n) is 6.10. The van der Waals surface area contributed by atoms with Crippen LogP contribution in [-0.4, -0.2) is 51.2 Å². The molecule has 1 aliphatic heterocycles. The molecule has 1 saturated heterocycles. The van der Waals surface area contributed by atoms with E-state index in [1.807, 2.05) is 0 Å². The van der Waals surface area contributed by atoms with Crippen molar-refractivity contribution in [1.29, 1.82) is 0 Å². The van der Waals surface area contributed by atoms with Gasteiger partial charge in [0.15, 0.2) is 0 Å². The molecule has 1 unspecified atom stereocenters. The van der Waals surface area contributed by atoms with Gasteiger partial charge in [0.2, 0.25) is 0 Å². The Morgan fingerprint density at radius 1 is 1.32 bits per heavy atom. The van der Waals surface area contributed by atoms with E-state index in [0.717, 1.165) is 19.6 Å². The van der Waals surface area contributed by atoms with Crippen LogP contribution in [0.5, 0.6) is 0 Å². The third-order valence-corrected chi connectivity index (χ3v) is 4.48. The average molecular weight is 259 g/mol. The zero-order valence-electron chi connectivity index (χ0n) is 12.2. The second-order valence-corrected chi connectivity index (χ2v) is 6.10. The summed E-state index contributed by atoms with van der Waals surface area (Å²) in [5.74, 6) is 0. The first-order valence-electron chi connectivity index (χ1n) is 7.47. The van der Waals surface area contributed by atoms with Gasteiger partial charge in [-0.15, -0.1) is 0 Å². The lowest BCUT2D eigenvalue weighted by Gasteiger charge is -2.34. The Morgan fingerprint density at radius 3 is 3.00 bits per heavy atom. The van der Waals surface area contributed by atoms with Crippen LogP contribution < -0.4 is 10.2 Å². The molecular formula is C16H25N3. The highest BCUT2D eigenvalue weighted by Gasteiger charge is 2.19. The van der Waals surface area contributed by atoms with Crippen LogP contribution in [0.1, 0.15) is 17.5 Å². The Labute approximate surface area is 116 Å². The van der Waals surface area contributed by atoms with Crippen molar-refractivity contribution in [3.8, 4) is 0 Å². The van der Waals surface area contributed by atoms with E-state index in [1.165, 1.54) is 31.5 Å². The van der Waals surface area contributed by atoms with Crippen LogP contribution in [0.4, 0.5) is 5.69 Å². The highest BCUT2D eigenvalue weighted by molar-refractivity contribution is 5.51. The largest absolute Gasteiger partial charge is 0.373 e. The average Bonchev–Trinajstić information content (AvgIpc) is 2.85. The van der Waals surface area contributed by atoms with Gasteiger partial charge >= 0.3 is 0 Å². The van der Waals surface area contributed by atoms with Gasteiger partial charge < -0.3 is 15.1 Å². The summed E-state index contributed by atoms with van der Waals surface area (Å²) in [7, 11) is 4.43. The Morgan fingerprint density at radius 2 is 2.16 bits per heavy atom. The molecule has 104 valence electrons. The lowest BCUT2D eigenvalue weighted by molar-refractivity contribution is 0.241. The van der Waals surface area contributed by atoms with E-state index < -0.39 is 0 Å². The number of hydrogen-bond donors (Lipinski definition) is 1. The maximum Gasteiger partial charge on any atom is 0.0371 e. The Hall–Kier alpha value is -1.06. The van der Waals surface area contributed by atoms with Gasteiger partial charge in [-0.1, -0.05) is 6.07 Å². The topological polar surface area (TPSA) is 18.5 Å². The van der Waals surface area contributed by atoms with Crippen LogP contribution in [0.25, 0.3) is 0 Å². The Bertz CT molecular complexity index is 444. The van der Waals surface area contributed by atoms with Gasteiger partial charge in [-0.25, -0.2) is 0 Å². The number of fused-ring (bicyclic) bond motifs is 1. The number of anilines is 1. The number of likely N-dealkylation sites (N-methyl/N-ethyl adjacent to an activating group) is 2. The second kappa shape index (κ2) is 5.51. The monoisotopic (exact) mass is 259 g/mol. The van der Waals surface area contributed by atoms with Gasteiger partial charge in [0, 0.05) is 45.0 Å². The number of hydrogen-bond acceptors (Lipinski definition) is 3. The fraction of sp³-hybridized carbons (Fsp3) is 0.625. The van der Waals surface area contributed by atoms with Crippen LogP contribution in [-0.2, 0) is 12.8 Å². The van der Waals surface area contributed by atoms with Gasteiger partial charge in [-0.2, -0.15) is 0 Å². The lowest BCUT2D eigenvalue weighted by Crippen LogP contribution is -2.53. The standard InChI is InChI=1S/C16H25N3/c1-18-9-8-17-15(11-18)12-19(2)16-7-6-13-4-3-5-14(13)10-16/h6-7,10,15,17H,3-5,8-9,11-12H2,1-2H3. The van der Waals surface area contributed by atoms with Crippen LogP contribution in [0.3, 0.4) is 0 Å². The number of nitrogens with one attached hydrogen (secondary N) is 1. The predicted octanol–water partition coefficient (Wildman–Crippen LogP) is 1.52. The smallest absolute Gasteiger partial charge is 0.0371 e. The Balaban J connectivity index is 1.65. The SMILES string of the molecule is CN1CCNC(CN(C)c2ccc3c(c2)CCC3)C1. The van der Waals surface area contributed by atoms with E-state index in [0.29, 0.717) is 6.04 Å². The molecule has 0 amide bonds. The first-order chi connectivity index (χ1) is 9.22. The quantitative estimate of drug-likeness (QED) is 0.888. The number of benzene rings is 1. The summed E-state index contributed by atoms with van der Waals surface area (Å²) in [4.78, 5) is 4.81. The Kier molecular flexibility index (Phi) is 3.76. The third kappa shape index (κ3) is 2.93. The molecule has 1 aromatic carbocycles. The van der Waals surface area contributed by atoms with Crippen molar-refractivity contribution in [2.24, 2.45) is 0 Å². The molecule has 3 nitrogen and oxygen atoms in total. The zero-order valence-corrected chi connectivity index (χ0v) is 12.2. The summed E-state index contributed by atoms with van der Waals surface area (Å²) in [6, 6.07) is 7.59. The fourth-order valence-electron chi connectivity index (χ4n) is 3.35. The summed E-state index contributed by atoms with van der Waals surface area (Å²) in [5.41, 5.74) is 4.50. The first kappa shape index (κ1) is 12.9. The molecule has 0 radical (unpaired) electrons. The molecule has 0 bridgehead atoms. The molecule has 1 aromatic rings. The van der Waals surface area contributed by atoms with E-state index in [-0.39, 0.29) is 0 Å². The number of rotatable bonds is 3. The fourth-order valence-corrected chi connectivity index (χ4v) is 3.35. The molecule has 1 heterocycles. The van der Waals surface area contributed by atoms with Crippen molar-refractivity contribution >= 4 is 5.69 Å². The molecule has 1 aliphatic carbocycles. The minimum atomic E-state index is 0.581. The molecule has 1 N–H and O–H groups in total. The van der Waals surface area contributed by atoms with Crippen molar-refractivity contribution in [3.05, 3.63) is 29.3 Å². The normalized spacial score (nSPS) is 23.4. The van der Waals surface area contributed by atoms with Crippen molar-refractivity contribution in [3.63, 3.8) is 0 Å². The van der Waals surface area contributed by atoms with E-state index >= 15 is 0 Å². The molecule has 19 heavy (non-hydrogen) atoms. The van der Waals surface area contributed by atoms with E-state index in [2.05, 4.69) is 47.4 Å². The van der Waals surface area contributed by atoms with E-state index in [1.54, 1.807) is 11.1 Å². The molecule has 1 fully saturated rings. The van der Waals surface area contributed by atoms with E-state index in [4.69, 9.17) is 0 Å². The lowest BCUT2D eigenvalue weighted by atomic mass is 10.1. The minimum Gasteiger partial charge on any atom is -0.373 e. The summed E-state index contributed by atoms with van der Waals surface area (Å²) >= 11 is 0. The van der Waals surface area contributed by atoms with Crippen molar-refractivity contribution in [2.75, 3.05) is 45.2 Å². The van der Waals surface area contributed by atoms with Crippen LogP contribution in [0.15, 0.2) is 18.2 Å². The van der Waals surface area contributed by atoms with Crippen molar-refractivity contribution in [2.45, 2.75) is 25.3 Å². The van der Waals surface area contributed by atoms with Crippen LogP contribution in [0, 0.1) is 0 Å². The number of aryl methyl sites for hydroxylation is 2. The number of nitrogens with zero attached hydrogens (tertiary/aromatic N) is 2. The number of piperazine rings is 1. The summed E-state index contributed by atoms with van der Waals surface area (Å²) in [5, 5.41) is 3.62. The maximum absolute atomic E-state index is 3.62. The zero-order chi connectivity index (χ0) is 13.2. The van der Waals surface area contributed by atoms with Gasteiger partial charge in [-0.05, 0) is 49.6 Å². The maximum atomic E-state index is 3.62. The molecule has 0 aromatic heterocycles. The predicted molar refractivity (Wildman–Crippen MR) is 81.0 cm³/mol. The van der Waals surface area contributed by atoms with Crippen LogP contribution in [0.2, 0.25) is 0 Å². The summed E-state index contributed by atoms with van der Waals surface area (Å²) < 4.78 is 0. The van der Waals surface area contributed by atoms with Gasteiger partial charge in [0.1, 0.15) is 0 Å². The highest BCUT2D eigenvalue weighted by Crippen LogP contribution is 2.26. The van der Waals surface area contributed by atoms with Crippen molar-refractivity contribution in [1.82, 2.24) is 10.2 Å². The summed E-state index contributed by atoms with van der Waals surface area (Å²) in [6.07, 6.45) is 3.87. The van der Waals surface area contributed by atoms with Crippen molar-refractivity contribution < 1.29 is 0 Å². The van der Waals surface area contributed by atoms with Crippen LogP contribution >= 0.6 is 0 Å². The molecule has 2 aliphatic rings. The molecule has 3 rings (SSSR count). The molecule has 1 atom stereocenters. The molecule has 0 saturated carbocycles. The first-order valence-corrected chi connectivity index (χ1v) is 7.47. The van der Waals surface area contributed by atoms with Gasteiger partial charge in [0.05, 0.1) is 0 Å². The molecular weight excluding hydrogens is 234 g/mol. The molecule has 3 heteroatoms. The van der Waals surface area contributed by atoms with E-state index in [9.17, 15) is 0 Å². The minimum absolute atomic E-state index is 0.581. The van der Waals surface area contributed by atoms with Gasteiger partial charge in [-0.3, -0.25) is 0 Å². The highest BCUT2D eigenvalue weighted by atomic mass is 15.2. The third-order valence-electron chi connectivity index (χ3n) is 4.48. The molecule has 0 spiro atoms. The summed E-state index contributed by atoms with van der Waals surface area (Å²) in [6.45, 7) is 4.51.